The number of thiol groups is 1. The zero-order valence-corrected chi connectivity index (χ0v) is 12.3. The van der Waals surface area contributed by atoms with Gasteiger partial charge in [0.15, 0.2) is 0 Å². The Morgan fingerprint density at radius 1 is 1.24 bits per heavy atom. The maximum Gasteiger partial charge on any atom is 0.122 e. The second-order valence-corrected chi connectivity index (χ2v) is 5.78. The molecule has 0 aliphatic rings. The first kappa shape index (κ1) is 14.4. The summed E-state index contributed by atoms with van der Waals surface area (Å²) in [4.78, 5) is 0. The normalized spacial score (nSPS) is 11.6. The molecule has 0 N–H and O–H groups in total. The van der Waals surface area contributed by atoms with Gasteiger partial charge in [-0.05, 0) is 48.1 Å². The second kappa shape index (κ2) is 6.34. The molecule has 0 aromatic heterocycles. The molecule has 2 heteroatoms. The highest BCUT2D eigenvalue weighted by molar-refractivity contribution is 7.80. The van der Waals surface area contributed by atoms with E-state index in [2.05, 4.69) is 51.6 Å². The van der Waals surface area contributed by atoms with Gasteiger partial charge in [0.1, 0.15) is 5.75 Å². The molecule has 0 aliphatic heterocycles. The molecule has 0 aliphatic carbocycles. The van der Waals surface area contributed by atoms with E-state index in [-0.39, 0.29) is 5.41 Å². The molecule has 1 rings (SSSR count). The molecular formula is C15H24OS. The summed E-state index contributed by atoms with van der Waals surface area (Å²) in [7, 11) is 0. The number of rotatable bonds is 5. The highest BCUT2D eigenvalue weighted by Crippen LogP contribution is 2.28. The van der Waals surface area contributed by atoms with Crippen molar-refractivity contribution in [3.63, 3.8) is 0 Å². The van der Waals surface area contributed by atoms with Crippen molar-refractivity contribution in [3.8, 4) is 5.75 Å². The Balaban J connectivity index is 3.01. The van der Waals surface area contributed by atoms with Gasteiger partial charge in [-0.2, -0.15) is 12.6 Å². The van der Waals surface area contributed by atoms with Crippen molar-refractivity contribution < 1.29 is 4.74 Å². The number of hydrogen-bond donors (Lipinski definition) is 1. The topological polar surface area (TPSA) is 9.23 Å². The van der Waals surface area contributed by atoms with E-state index in [1.54, 1.807) is 0 Å². The monoisotopic (exact) mass is 252 g/mol. The lowest BCUT2D eigenvalue weighted by molar-refractivity contribution is 0.336. The van der Waals surface area contributed by atoms with E-state index in [1.807, 2.05) is 6.92 Å². The maximum atomic E-state index is 5.68. The summed E-state index contributed by atoms with van der Waals surface area (Å²) < 4.78 is 5.68. The van der Waals surface area contributed by atoms with Crippen molar-refractivity contribution in [2.75, 3.05) is 12.4 Å². The van der Waals surface area contributed by atoms with Crippen LogP contribution in [0.1, 0.15) is 45.2 Å². The van der Waals surface area contributed by atoms with E-state index in [9.17, 15) is 0 Å². The Morgan fingerprint density at radius 3 is 2.47 bits per heavy atom. The van der Waals surface area contributed by atoms with Gasteiger partial charge in [-0.25, -0.2) is 0 Å². The highest BCUT2D eigenvalue weighted by Gasteiger charge is 2.15. The van der Waals surface area contributed by atoms with E-state index >= 15 is 0 Å². The number of hydrogen-bond acceptors (Lipinski definition) is 2. The Kier molecular flexibility index (Phi) is 5.38. The Labute approximate surface area is 111 Å². The summed E-state index contributed by atoms with van der Waals surface area (Å²) in [6.07, 6.45) is 2.14. The van der Waals surface area contributed by atoms with Gasteiger partial charge in [0, 0.05) is 0 Å². The van der Waals surface area contributed by atoms with Crippen LogP contribution in [0.4, 0.5) is 0 Å². The third kappa shape index (κ3) is 4.27. The van der Waals surface area contributed by atoms with Gasteiger partial charge in [-0.3, -0.25) is 0 Å². The molecule has 0 saturated carbocycles. The summed E-state index contributed by atoms with van der Waals surface area (Å²) in [6, 6.07) is 6.57. The summed E-state index contributed by atoms with van der Waals surface area (Å²) in [5.74, 6) is 1.95. The molecule has 0 bridgehead atoms. The molecule has 1 aromatic carbocycles. The fraction of sp³-hybridized carbons (Fsp3) is 0.600. The summed E-state index contributed by atoms with van der Waals surface area (Å²) >= 11 is 4.28. The van der Waals surface area contributed by atoms with Crippen LogP contribution in [0.3, 0.4) is 0 Å². The molecule has 0 fully saturated rings. The van der Waals surface area contributed by atoms with Gasteiger partial charge in [0.2, 0.25) is 0 Å². The van der Waals surface area contributed by atoms with Gasteiger partial charge in [0.05, 0.1) is 6.61 Å². The lowest BCUT2D eigenvalue weighted by Crippen LogP contribution is -2.12. The van der Waals surface area contributed by atoms with Crippen LogP contribution in [-0.4, -0.2) is 12.4 Å². The van der Waals surface area contributed by atoms with Crippen LogP contribution < -0.4 is 4.74 Å². The number of ether oxygens (including phenoxy) is 1. The van der Waals surface area contributed by atoms with Crippen molar-refractivity contribution in [2.45, 2.75) is 46.0 Å². The Hall–Kier alpha value is -0.630. The van der Waals surface area contributed by atoms with E-state index in [0.29, 0.717) is 0 Å². The van der Waals surface area contributed by atoms with Gasteiger partial charge in [-0.15, -0.1) is 0 Å². The van der Waals surface area contributed by atoms with E-state index < -0.39 is 0 Å². The molecule has 0 atom stereocenters. The predicted octanol–water partition coefficient (Wildman–Crippen LogP) is 4.25. The molecule has 0 unspecified atom stereocenters. The average Bonchev–Trinajstić information content (AvgIpc) is 2.26. The maximum absolute atomic E-state index is 5.68. The smallest absolute Gasteiger partial charge is 0.122 e. The molecule has 1 aromatic rings. The van der Waals surface area contributed by atoms with Crippen LogP contribution in [0.15, 0.2) is 18.2 Å². The van der Waals surface area contributed by atoms with Gasteiger partial charge >= 0.3 is 0 Å². The third-order valence-electron chi connectivity index (χ3n) is 2.83. The quantitative estimate of drug-likeness (QED) is 0.771. The van der Waals surface area contributed by atoms with Crippen LogP contribution in [0.2, 0.25) is 0 Å². The first-order valence-corrected chi connectivity index (χ1v) is 6.99. The van der Waals surface area contributed by atoms with Crippen molar-refractivity contribution >= 4 is 12.6 Å². The Morgan fingerprint density at radius 2 is 1.94 bits per heavy atom. The standard InChI is InChI=1S/C15H24OS/c1-5-16-14-9-8-13(15(2,3)4)11-12(14)7-6-10-17/h8-9,11,17H,5-7,10H2,1-4H3. The second-order valence-electron chi connectivity index (χ2n) is 5.33. The number of benzene rings is 1. The molecule has 0 saturated heterocycles. The summed E-state index contributed by atoms with van der Waals surface area (Å²) in [5, 5.41) is 0. The fourth-order valence-electron chi connectivity index (χ4n) is 1.81. The molecule has 17 heavy (non-hydrogen) atoms. The number of aryl methyl sites for hydroxylation is 1. The lowest BCUT2D eigenvalue weighted by atomic mass is 9.85. The predicted molar refractivity (Wildman–Crippen MR) is 78.5 cm³/mol. The lowest BCUT2D eigenvalue weighted by Gasteiger charge is -2.21. The molecular weight excluding hydrogens is 228 g/mol. The van der Waals surface area contributed by atoms with Gasteiger partial charge < -0.3 is 4.74 Å². The molecule has 96 valence electrons. The molecule has 0 spiro atoms. The zero-order chi connectivity index (χ0) is 12.9. The average molecular weight is 252 g/mol. The molecule has 0 heterocycles. The first-order valence-electron chi connectivity index (χ1n) is 6.36. The van der Waals surface area contributed by atoms with Crippen LogP contribution in [0.25, 0.3) is 0 Å². The van der Waals surface area contributed by atoms with Crippen LogP contribution in [0, 0.1) is 0 Å². The van der Waals surface area contributed by atoms with Crippen LogP contribution >= 0.6 is 12.6 Å². The van der Waals surface area contributed by atoms with Crippen LogP contribution in [0.5, 0.6) is 5.75 Å². The minimum absolute atomic E-state index is 0.195. The molecule has 0 radical (unpaired) electrons. The van der Waals surface area contributed by atoms with E-state index in [1.165, 1.54) is 11.1 Å². The minimum Gasteiger partial charge on any atom is -0.494 e. The highest BCUT2D eigenvalue weighted by atomic mass is 32.1. The SMILES string of the molecule is CCOc1ccc(C(C)(C)C)cc1CCCS. The summed E-state index contributed by atoms with van der Waals surface area (Å²) in [5.41, 5.74) is 2.88. The van der Waals surface area contributed by atoms with Crippen LogP contribution in [-0.2, 0) is 11.8 Å². The molecule has 1 nitrogen and oxygen atoms in total. The van der Waals surface area contributed by atoms with Crippen molar-refractivity contribution in [2.24, 2.45) is 0 Å². The third-order valence-corrected chi connectivity index (χ3v) is 3.15. The van der Waals surface area contributed by atoms with Crippen molar-refractivity contribution in [1.29, 1.82) is 0 Å². The van der Waals surface area contributed by atoms with E-state index in [0.717, 1.165) is 31.0 Å². The van der Waals surface area contributed by atoms with E-state index in [4.69, 9.17) is 4.74 Å². The largest absolute Gasteiger partial charge is 0.494 e. The van der Waals surface area contributed by atoms with Gasteiger partial charge in [-0.1, -0.05) is 32.9 Å². The Bertz CT molecular complexity index is 352. The zero-order valence-electron chi connectivity index (χ0n) is 11.4. The van der Waals surface area contributed by atoms with Crippen molar-refractivity contribution in [3.05, 3.63) is 29.3 Å². The van der Waals surface area contributed by atoms with Gasteiger partial charge in [0.25, 0.3) is 0 Å². The fourth-order valence-corrected chi connectivity index (χ4v) is 1.97. The molecule has 0 amide bonds. The summed E-state index contributed by atoms with van der Waals surface area (Å²) in [6.45, 7) is 9.48. The minimum atomic E-state index is 0.195. The van der Waals surface area contributed by atoms with Crippen molar-refractivity contribution in [1.82, 2.24) is 0 Å². The first-order chi connectivity index (χ1) is 7.99.